The molecule has 8 heteroatoms. The number of aromatic nitrogens is 2. The summed E-state index contributed by atoms with van der Waals surface area (Å²) in [4.78, 5) is 17.7. The fraction of sp³-hybridized carbons (Fsp3) is 0.400. The molecule has 1 fully saturated rings. The molecule has 0 aliphatic carbocycles. The van der Waals surface area contributed by atoms with Crippen molar-refractivity contribution in [2.24, 2.45) is 0 Å². The first kappa shape index (κ1) is 15.9. The minimum absolute atomic E-state index is 0.0219. The van der Waals surface area contributed by atoms with Crippen LogP contribution >= 0.6 is 11.6 Å². The topological polar surface area (TPSA) is 80.5 Å². The second-order valence-electron chi connectivity index (χ2n) is 5.24. The Hall–Kier alpha value is -1.96. The largest absolute Gasteiger partial charge is 0.371 e. The van der Waals surface area contributed by atoms with Crippen LogP contribution in [0.5, 0.6) is 0 Å². The number of morpholine rings is 1. The molecular formula is C15H17ClN4O3. The first-order valence-corrected chi connectivity index (χ1v) is 7.67. The Kier molecular flexibility index (Phi) is 4.90. The molecule has 1 saturated heterocycles. The predicted molar refractivity (Wildman–Crippen MR) is 83.1 cm³/mol. The van der Waals surface area contributed by atoms with Crippen molar-refractivity contribution < 1.29 is 14.1 Å². The maximum Gasteiger partial charge on any atom is 0.315 e. The Balaban J connectivity index is 1.63. The van der Waals surface area contributed by atoms with Crippen molar-refractivity contribution in [2.75, 3.05) is 26.7 Å². The van der Waals surface area contributed by atoms with Crippen LogP contribution in [-0.2, 0) is 11.3 Å². The fourth-order valence-corrected chi connectivity index (χ4v) is 2.57. The highest BCUT2D eigenvalue weighted by molar-refractivity contribution is 6.30. The first-order chi connectivity index (χ1) is 11.2. The van der Waals surface area contributed by atoms with E-state index in [0.717, 1.165) is 12.1 Å². The Labute approximate surface area is 138 Å². The molecule has 23 heavy (non-hydrogen) atoms. The van der Waals surface area contributed by atoms with Crippen LogP contribution in [-0.4, -0.2) is 47.7 Å². The third-order valence-electron chi connectivity index (χ3n) is 3.65. The SMILES string of the molecule is CNC(=O)c1nc(CN2CCO[C@@H](c3ccc(Cl)cc3)C2)no1. The second kappa shape index (κ2) is 7.08. The minimum Gasteiger partial charge on any atom is -0.371 e. The van der Waals surface area contributed by atoms with E-state index in [9.17, 15) is 4.79 Å². The molecule has 0 saturated carbocycles. The fourth-order valence-electron chi connectivity index (χ4n) is 2.44. The lowest BCUT2D eigenvalue weighted by Crippen LogP contribution is -2.38. The number of nitrogens with one attached hydrogen (secondary N) is 1. The number of hydrogen-bond acceptors (Lipinski definition) is 6. The zero-order chi connectivity index (χ0) is 16.2. The number of benzene rings is 1. The van der Waals surface area contributed by atoms with Crippen molar-refractivity contribution in [3.63, 3.8) is 0 Å². The van der Waals surface area contributed by atoms with E-state index in [2.05, 4.69) is 20.4 Å². The summed E-state index contributed by atoms with van der Waals surface area (Å²) in [7, 11) is 1.52. The van der Waals surface area contributed by atoms with Gasteiger partial charge in [-0.2, -0.15) is 4.98 Å². The molecule has 1 atom stereocenters. The van der Waals surface area contributed by atoms with Gasteiger partial charge in [0.1, 0.15) is 0 Å². The van der Waals surface area contributed by atoms with E-state index >= 15 is 0 Å². The van der Waals surface area contributed by atoms with Crippen LogP contribution in [0.4, 0.5) is 0 Å². The van der Waals surface area contributed by atoms with Crippen LogP contribution in [0, 0.1) is 0 Å². The molecule has 2 heterocycles. The Bertz CT molecular complexity index is 674. The normalized spacial score (nSPS) is 18.8. The molecule has 1 amide bonds. The molecule has 1 aromatic heterocycles. The van der Waals surface area contributed by atoms with E-state index in [1.807, 2.05) is 24.3 Å². The van der Waals surface area contributed by atoms with E-state index < -0.39 is 0 Å². The third kappa shape index (κ3) is 3.87. The summed E-state index contributed by atoms with van der Waals surface area (Å²) in [5, 5.41) is 7.00. The van der Waals surface area contributed by atoms with Crippen LogP contribution in [0.3, 0.4) is 0 Å². The molecule has 1 aromatic carbocycles. The minimum atomic E-state index is -0.384. The molecule has 3 rings (SSSR count). The molecule has 1 aliphatic rings. The highest BCUT2D eigenvalue weighted by Gasteiger charge is 2.24. The first-order valence-electron chi connectivity index (χ1n) is 7.30. The van der Waals surface area contributed by atoms with Gasteiger partial charge < -0.3 is 14.6 Å². The summed E-state index contributed by atoms with van der Waals surface area (Å²) < 4.78 is 10.8. The van der Waals surface area contributed by atoms with Crippen LogP contribution < -0.4 is 5.32 Å². The van der Waals surface area contributed by atoms with Gasteiger partial charge in [0, 0.05) is 25.2 Å². The van der Waals surface area contributed by atoms with Crippen LogP contribution in [0.25, 0.3) is 0 Å². The average molecular weight is 337 g/mol. The lowest BCUT2D eigenvalue weighted by molar-refractivity contribution is -0.0338. The van der Waals surface area contributed by atoms with Gasteiger partial charge in [0.15, 0.2) is 5.82 Å². The van der Waals surface area contributed by atoms with E-state index in [1.54, 1.807) is 0 Å². The van der Waals surface area contributed by atoms with Gasteiger partial charge in [0.05, 0.1) is 19.3 Å². The van der Waals surface area contributed by atoms with E-state index in [1.165, 1.54) is 7.05 Å². The van der Waals surface area contributed by atoms with Crippen LogP contribution in [0.1, 0.15) is 28.2 Å². The Morgan fingerprint density at radius 2 is 2.22 bits per heavy atom. The quantitative estimate of drug-likeness (QED) is 0.914. The number of carbonyl (C=O) groups is 1. The average Bonchev–Trinajstić information content (AvgIpc) is 3.03. The number of nitrogens with zero attached hydrogens (tertiary/aromatic N) is 3. The van der Waals surface area contributed by atoms with Crippen molar-refractivity contribution in [3.8, 4) is 0 Å². The molecule has 0 unspecified atom stereocenters. The number of ether oxygens (including phenoxy) is 1. The molecule has 2 aromatic rings. The van der Waals surface area contributed by atoms with E-state index in [4.69, 9.17) is 20.9 Å². The zero-order valence-electron chi connectivity index (χ0n) is 12.7. The maximum atomic E-state index is 11.4. The molecular weight excluding hydrogens is 320 g/mol. The van der Waals surface area contributed by atoms with Gasteiger partial charge in [-0.1, -0.05) is 28.9 Å². The molecule has 1 N–H and O–H groups in total. The van der Waals surface area contributed by atoms with Gasteiger partial charge in [0.25, 0.3) is 0 Å². The van der Waals surface area contributed by atoms with Gasteiger partial charge in [0.2, 0.25) is 0 Å². The van der Waals surface area contributed by atoms with Crippen molar-refractivity contribution in [1.29, 1.82) is 0 Å². The van der Waals surface area contributed by atoms with Crippen molar-refractivity contribution in [1.82, 2.24) is 20.4 Å². The smallest absolute Gasteiger partial charge is 0.315 e. The number of amides is 1. The zero-order valence-corrected chi connectivity index (χ0v) is 13.4. The monoisotopic (exact) mass is 336 g/mol. The molecule has 0 radical (unpaired) electrons. The van der Waals surface area contributed by atoms with Gasteiger partial charge in [-0.3, -0.25) is 9.69 Å². The predicted octanol–water partition coefficient (Wildman–Crippen LogP) is 1.66. The van der Waals surface area contributed by atoms with Gasteiger partial charge in [-0.25, -0.2) is 0 Å². The van der Waals surface area contributed by atoms with Crippen molar-refractivity contribution in [2.45, 2.75) is 12.6 Å². The number of hydrogen-bond donors (Lipinski definition) is 1. The number of halogens is 1. The van der Waals surface area contributed by atoms with Gasteiger partial charge in [-0.05, 0) is 17.7 Å². The second-order valence-corrected chi connectivity index (χ2v) is 5.68. The standard InChI is InChI=1S/C15H17ClN4O3/c1-17-14(21)15-18-13(19-23-15)9-20-6-7-22-12(8-20)10-2-4-11(16)5-3-10/h2-5,12H,6-9H2,1H3,(H,17,21)/t12-/m1/s1. The summed E-state index contributed by atoms with van der Waals surface area (Å²) in [6.07, 6.45) is -0.0219. The summed E-state index contributed by atoms with van der Waals surface area (Å²) in [5.74, 6) is 0.0788. The number of carbonyl (C=O) groups excluding carboxylic acids is 1. The van der Waals surface area contributed by atoms with Crippen LogP contribution in [0.15, 0.2) is 28.8 Å². The molecule has 7 nitrogen and oxygen atoms in total. The molecule has 122 valence electrons. The Morgan fingerprint density at radius 3 is 2.96 bits per heavy atom. The van der Waals surface area contributed by atoms with Gasteiger partial charge >= 0.3 is 11.8 Å². The van der Waals surface area contributed by atoms with Crippen LogP contribution in [0.2, 0.25) is 5.02 Å². The number of rotatable bonds is 4. The Morgan fingerprint density at radius 1 is 1.43 bits per heavy atom. The van der Waals surface area contributed by atoms with Gasteiger partial charge in [-0.15, -0.1) is 0 Å². The van der Waals surface area contributed by atoms with Crippen molar-refractivity contribution >= 4 is 17.5 Å². The van der Waals surface area contributed by atoms with E-state index in [0.29, 0.717) is 30.5 Å². The summed E-state index contributed by atoms with van der Waals surface area (Å²) in [6.45, 7) is 2.61. The van der Waals surface area contributed by atoms with Crippen molar-refractivity contribution in [3.05, 3.63) is 46.6 Å². The summed E-state index contributed by atoms with van der Waals surface area (Å²) >= 11 is 5.92. The van der Waals surface area contributed by atoms with E-state index in [-0.39, 0.29) is 17.9 Å². The molecule has 0 bridgehead atoms. The third-order valence-corrected chi connectivity index (χ3v) is 3.90. The molecule has 1 aliphatic heterocycles. The summed E-state index contributed by atoms with van der Waals surface area (Å²) in [6, 6.07) is 7.64. The highest BCUT2D eigenvalue weighted by atomic mass is 35.5. The summed E-state index contributed by atoms with van der Waals surface area (Å²) in [5.41, 5.74) is 1.08. The lowest BCUT2D eigenvalue weighted by atomic mass is 10.1. The maximum absolute atomic E-state index is 11.4. The molecule has 0 spiro atoms. The highest BCUT2D eigenvalue weighted by Crippen LogP contribution is 2.24. The lowest BCUT2D eigenvalue weighted by Gasteiger charge is -2.32.